The van der Waals surface area contributed by atoms with Gasteiger partial charge in [0.05, 0.1) is 12.1 Å². The van der Waals surface area contributed by atoms with Crippen LogP contribution >= 0.6 is 12.4 Å². The minimum Gasteiger partial charge on any atom is -0.491 e. The van der Waals surface area contributed by atoms with Gasteiger partial charge in [0, 0.05) is 12.0 Å². The SMILES string of the molecule is CC(C)Oc1cccc(C(C)NC(=O)C2CCCC(N)C2)c1.Cl. The summed E-state index contributed by atoms with van der Waals surface area (Å²) in [5, 5.41) is 3.12. The summed E-state index contributed by atoms with van der Waals surface area (Å²) >= 11 is 0. The molecule has 0 spiro atoms. The number of halogens is 1. The molecule has 3 N–H and O–H groups in total. The molecule has 1 aromatic rings. The predicted octanol–water partition coefficient (Wildman–Crippen LogP) is 3.59. The Morgan fingerprint density at radius 1 is 1.30 bits per heavy atom. The summed E-state index contributed by atoms with van der Waals surface area (Å²) in [6.07, 6.45) is 3.97. The second kappa shape index (κ2) is 9.14. The molecule has 0 heterocycles. The zero-order valence-corrected chi connectivity index (χ0v) is 15.1. The standard InChI is InChI=1S/C18H28N2O2.ClH/c1-12(2)22-17-9-5-6-14(11-17)13(3)20-18(21)15-7-4-8-16(19)10-15;/h5-6,9,11-13,15-16H,4,7-8,10,19H2,1-3H3,(H,20,21);1H. The molecular weight excluding hydrogens is 312 g/mol. The molecule has 0 radical (unpaired) electrons. The van der Waals surface area contributed by atoms with Gasteiger partial charge in [0.1, 0.15) is 5.75 Å². The Morgan fingerprint density at radius 3 is 2.70 bits per heavy atom. The number of nitrogens with two attached hydrogens (primary N) is 1. The molecule has 1 saturated carbocycles. The summed E-state index contributed by atoms with van der Waals surface area (Å²) in [5.74, 6) is 1.02. The molecule has 0 aliphatic heterocycles. The van der Waals surface area contributed by atoms with Gasteiger partial charge in [0.2, 0.25) is 5.91 Å². The van der Waals surface area contributed by atoms with Crippen molar-refractivity contribution in [2.45, 2.75) is 64.6 Å². The van der Waals surface area contributed by atoms with E-state index < -0.39 is 0 Å². The lowest BCUT2D eigenvalue weighted by atomic mass is 9.85. The Hall–Kier alpha value is -1.26. The van der Waals surface area contributed by atoms with Crippen molar-refractivity contribution in [3.63, 3.8) is 0 Å². The highest BCUT2D eigenvalue weighted by atomic mass is 35.5. The van der Waals surface area contributed by atoms with Crippen molar-refractivity contribution in [3.8, 4) is 5.75 Å². The summed E-state index contributed by atoms with van der Waals surface area (Å²) < 4.78 is 5.71. The molecule has 1 aliphatic rings. The number of nitrogens with one attached hydrogen (secondary N) is 1. The van der Waals surface area contributed by atoms with Gasteiger partial charge in [-0.25, -0.2) is 0 Å². The molecule has 0 saturated heterocycles. The highest BCUT2D eigenvalue weighted by Crippen LogP contribution is 2.25. The summed E-state index contributed by atoms with van der Waals surface area (Å²) in [4.78, 5) is 12.4. The highest BCUT2D eigenvalue weighted by molar-refractivity contribution is 5.85. The van der Waals surface area contributed by atoms with Gasteiger partial charge >= 0.3 is 0 Å². The molecule has 3 atom stereocenters. The second-order valence-corrected chi connectivity index (χ2v) is 6.59. The maximum Gasteiger partial charge on any atom is 0.223 e. The Morgan fingerprint density at radius 2 is 2.04 bits per heavy atom. The van der Waals surface area contributed by atoms with E-state index in [0.29, 0.717) is 0 Å². The lowest BCUT2D eigenvalue weighted by Crippen LogP contribution is -2.38. The van der Waals surface area contributed by atoms with Gasteiger partial charge in [-0.1, -0.05) is 18.6 Å². The van der Waals surface area contributed by atoms with Crippen molar-refractivity contribution in [3.05, 3.63) is 29.8 Å². The van der Waals surface area contributed by atoms with Gasteiger partial charge in [-0.3, -0.25) is 4.79 Å². The van der Waals surface area contributed by atoms with Crippen LogP contribution in [0.15, 0.2) is 24.3 Å². The van der Waals surface area contributed by atoms with Gasteiger partial charge < -0.3 is 15.8 Å². The number of amides is 1. The van der Waals surface area contributed by atoms with Gasteiger partial charge in [-0.2, -0.15) is 0 Å². The Labute approximate surface area is 145 Å². The van der Waals surface area contributed by atoms with Crippen LogP contribution in [0, 0.1) is 5.92 Å². The summed E-state index contributed by atoms with van der Waals surface area (Å²) in [6, 6.07) is 8.07. The van der Waals surface area contributed by atoms with Crippen molar-refractivity contribution in [2.24, 2.45) is 11.7 Å². The molecule has 0 bridgehead atoms. The molecule has 1 aliphatic carbocycles. The van der Waals surface area contributed by atoms with E-state index >= 15 is 0 Å². The van der Waals surface area contributed by atoms with E-state index in [4.69, 9.17) is 10.5 Å². The zero-order chi connectivity index (χ0) is 16.1. The third-order valence-electron chi connectivity index (χ3n) is 4.17. The van der Waals surface area contributed by atoms with E-state index in [1.807, 2.05) is 45.0 Å². The van der Waals surface area contributed by atoms with E-state index in [0.717, 1.165) is 37.0 Å². The average Bonchev–Trinajstić information content (AvgIpc) is 2.46. The molecular formula is C18H29ClN2O2. The summed E-state index contributed by atoms with van der Waals surface area (Å²) in [7, 11) is 0. The molecule has 5 heteroatoms. The minimum absolute atomic E-state index is 0. The number of rotatable bonds is 5. The maximum absolute atomic E-state index is 12.4. The van der Waals surface area contributed by atoms with Crippen molar-refractivity contribution in [2.75, 3.05) is 0 Å². The Bertz CT molecular complexity index is 508. The smallest absolute Gasteiger partial charge is 0.223 e. The van der Waals surface area contributed by atoms with Gasteiger partial charge in [0.15, 0.2) is 0 Å². The number of hydrogen-bond acceptors (Lipinski definition) is 3. The molecule has 130 valence electrons. The van der Waals surface area contributed by atoms with Crippen LogP contribution in [0.5, 0.6) is 5.75 Å². The van der Waals surface area contributed by atoms with Crippen LogP contribution in [-0.2, 0) is 4.79 Å². The summed E-state index contributed by atoms with van der Waals surface area (Å²) in [5.41, 5.74) is 7.04. The maximum atomic E-state index is 12.4. The fraction of sp³-hybridized carbons (Fsp3) is 0.611. The zero-order valence-electron chi connectivity index (χ0n) is 14.2. The van der Waals surface area contributed by atoms with Crippen LogP contribution in [0.4, 0.5) is 0 Å². The van der Waals surface area contributed by atoms with Gasteiger partial charge in [-0.05, 0) is 57.7 Å². The topological polar surface area (TPSA) is 64.3 Å². The molecule has 1 aromatic carbocycles. The van der Waals surface area contributed by atoms with Crippen molar-refractivity contribution >= 4 is 18.3 Å². The van der Waals surface area contributed by atoms with Gasteiger partial charge in [0.25, 0.3) is 0 Å². The first-order valence-corrected chi connectivity index (χ1v) is 8.28. The minimum atomic E-state index is -0.0265. The quantitative estimate of drug-likeness (QED) is 0.860. The van der Waals surface area contributed by atoms with Crippen LogP contribution < -0.4 is 15.8 Å². The van der Waals surface area contributed by atoms with E-state index in [9.17, 15) is 4.79 Å². The van der Waals surface area contributed by atoms with E-state index in [2.05, 4.69) is 5.32 Å². The normalized spacial score (nSPS) is 22.1. The van der Waals surface area contributed by atoms with Crippen LogP contribution in [0.25, 0.3) is 0 Å². The van der Waals surface area contributed by atoms with E-state index in [-0.39, 0.29) is 42.4 Å². The summed E-state index contributed by atoms with van der Waals surface area (Å²) in [6.45, 7) is 6.02. The Balaban J connectivity index is 0.00000264. The lowest BCUT2D eigenvalue weighted by molar-refractivity contribution is -0.126. The first-order valence-electron chi connectivity index (χ1n) is 8.28. The van der Waals surface area contributed by atoms with E-state index in [1.165, 1.54) is 0 Å². The fourth-order valence-corrected chi connectivity index (χ4v) is 3.01. The number of ether oxygens (including phenoxy) is 1. The van der Waals surface area contributed by atoms with Gasteiger partial charge in [-0.15, -0.1) is 12.4 Å². The fourth-order valence-electron chi connectivity index (χ4n) is 3.01. The molecule has 1 fully saturated rings. The lowest BCUT2D eigenvalue weighted by Gasteiger charge is -2.27. The average molecular weight is 341 g/mol. The second-order valence-electron chi connectivity index (χ2n) is 6.59. The van der Waals surface area contributed by atoms with E-state index in [1.54, 1.807) is 0 Å². The number of carbonyl (C=O) groups excluding carboxylic acids is 1. The van der Waals surface area contributed by atoms with Crippen molar-refractivity contribution in [1.82, 2.24) is 5.32 Å². The monoisotopic (exact) mass is 340 g/mol. The highest BCUT2D eigenvalue weighted by Gasteiger charge is 2.26. The molecule has 2 rings (SSSR count). The van der Waals surface area contributed by atoms with Crippen LogP contribution in [0.2, 0.25) is 0 Å². The molecule has 4 nitrogen and oxygen atoms in total. The largest absolute Gasteiger partial charge is 0.491 e. The molecule has 1 amide bonds. The first kappa shape index (κ1) is 19.8. The predicted molar refractivity (Wildman–Crippen MR) is 95.9 cm³/mol. The molecule has 0 aromatic heterocycles. The molecule has 3 unspecified atom stereocenters. The Kier molecular flexibility index (Phi) is 7.86. The van der Waals surface area contributed by atoms with Crippen molar-refractivity contribution < 1.29 is 9.53 Å². The molecule has 23 heavy (non-hydrogen) atoms. The number of hydrogen-bond donors (Lipinski definition) is 2. The number of benzene rings is 1. The van der Waals surface area contributed by atoms with Crippen LogP contribution in [-0.4, -0.2) is 18.1 Å². The third-order valence-corrected chi connectivity index (χ3v) is 4.17. The van der Waals surface area contributed by atoms with Crippen molar-refractivity contribution in [1.29, 1.82) is 0 Å². The van der Waals surface area contributed by atoms with Crippen LogP contribution in [0.3, 0.4) is 0 Å². The number of carbonyl (C=O) groups is 1. The first-order chi connectivity index (χ1) is 10.5. The third kappa shape index (κ3) is 6.04. The van der Waals surface area contributed by atoms with Crippen LogP contribution in [0.1, 0.15) is 58.1 Å².